The Morgan fingerprint density at radius 2 is 2.00 bits per heavy atom. The SMILES string of the molecule is CCc1occc1C(Cc1ccc(C)c(C)c1)NN. The highest BCUT2D eigenvalue weighted by Gasteiger charge is 2.16. The zero-order valence-corrected chi connectivity index (χ0v) is 11.9. The van der Waals surface area contributed by atoms with E-state index in [-0.39, 0.29) is 6.04 Å². The predicted octanol–water partition coefficient (Wildman–Crippen LogP) is 3.21. The smallest absolute Gasteiger partial charge is 0.108 e. The molecule has 0 aliphatic heterocycles. The molecule has 3 N–H and O–H groups in total. The summed E-state index contributed by atoms with van der Waals surface area (Å²) in [5, 5.41) is 0. The first-order valence-corrected chi connectivity index (χ1v) is 6.74. The molecule has 3 nitrogen and oxygen atoms in total. The largest absolute Gasteiger partial charge is 0.469 e. The van der Waals surface area contributed by atoms with E-state index in [1.165, 1.54) is 16.7 Å². The third kappa shape index (κ3) is 3.06. The first-order chi connectivity index (χ1) is 9.15. The Labute approximate surface area is 114 Å². The second-order valence-corrected chi connectivity index (χ2v) is 4.99. The van der Waals surface area contributed by atoms with Gasteiger partial charge in [-0.15, -0.1) is 0 Å². The second kappa shape index (κ2) is 6.04. The highest BCUT2D eigenvalue weighted by atomic mass is 16.3. The van der Waals surface area contributed by atoms with Gasteiger partial charge in [-0.2, -0.15) is 0 Å². The minimum atomic E-state index is 0.0933. The van der Waals surface area contributed by atoms with Crippen LogP contribution in [-0.4, -0.2) is 0 Å². The number of benzene rings is 1. The summed E-state index contributed by atoms with van der Waals surface area (Å²) in [6.07, 6.45) is 3.48. The van der Waals surface area contributed by atoms with Gasteiger partial charge in [-0.3, -0.25) is 11.3 Å². The van der Waals surface area contributed by atoms with Gasteiger partial charge in [0, 0.05) is 12.0 Å². The fourth-order valence-electron chi connectivity index (χ4n) is 2.37. The first-order valence-electron chi connectivity index (χ1n) is 6.74. The van der Waals surface area contributed by atoms with Crippen molar-refractivity contribution >= 4 is 0 Å². The fraction of sp³-hybridized carbons (Fsp3) is 0.375. The van der Waals surface area contributed by atoms with Gasteiger partial charge in [0.05, 0.1) is 12.3 Å². The van der Waals surface area contributed by atoms with E-state index >= 15 is 0 Å². The molecular formula is C16H22N2O. The fourth-order valence-corrected chi connectivity index (χ4v) is 2.37. The Balaban J connectivity index is 2.21. The number of nitrogens with two attached hydrogens (primary N) is 1. The van der Waals surface area contributed by atoms with Crippen LogP contribution in [0.1, 0.15) is 41.0 Å². The highest BCUT2D eigenvalue weighted by molar-refractivity contribution is 5.32. The molecule has 2 rings (SSSR count). The molecule has 0 spiro atoms. The second-order valence-electron chi connectivity index (χ2n) is 4.99. The van der Waals surface area contributed by atoms with E-state index in [4.69, 9.17) is 10.3 Å². The Kier molecular flexibility index (Phi) is 4.40. The van der Waals surface area contributed by atoms with Crippen LogP contribution in [0.2, 0.25) is 0 Å². The van der Waals surface area contributed by atoms with Crippen LogP contribution in [0.15, 0.2) is 34.9 Å². The van der Waals surface area contributed by atoms with Gasteiger partial charge in [0.2, 0.25) is 0 Å². The number of nitrogens with one attached hydrogen (secondary N) is 1. The van der Waals surface area contributed by atoms with Crippen molar-refractivity contribution in [2.45, 2.75) is 39.7 Å². The van der Waals surface area contributed by atoms with Crippen molar-refractivity contribution < 1.29 is 4.42 Å². The zero-order chi connectivity index (χ0) is 13.8. The van der Waals surface area contributed by atoms with Crippen molar-refractivity contribution in [1.29, 1.82) is 0 Å². The standard InChI is InChI=1S/C16H22N2O/c1-4-16-14(7-8-19-16)15(18-17)10-13-6-5-11(2)12(3)9-13/h5-9,15,18H,4,10,17H2,1-3H3. The number of furan rings is 1. The third-order valence-electron chi connectivity index (χ3n) is 3.69. The van der Waals surface area contributed by atoms with Gasteiger partial charge in [0.15, 0.2) is 0 Å². The normalized spacial score (nSPS) is 12.6. The summed E-state index contributed by atoms with van der Waals surface area (Å²) in [5.41, 5.74) is 7.98. The van der Waals surface area contributed by atoms with Gasteiger partial charge in [-0.05, 0) is 43.0 Å². The number of rotatable bonds is 5. The molecule has 0 aliphatic rings. The molecular weight excluding hydrogens is 236 g/mol. The summed E-state index contributed by atoms with van der Waals surface area (Å²) in [6.45, 7) is 6.36. The molecule has 1 aromatic carbocycles. The van der Waals surface area contributed by atoms with Crippen LogP contribution in [0, 0.1) is 13.8 Å². The molecule has 19 heavy (non-hydrogen) atoms. The van der Waals surface area contributed by atoms with E-state index in [9.17, 15) is 0 Å². The van der Waals surface area contributed by atoms with Crippen LogP contribution < -0.4 is 11.3 Å². The molecule has 0 saturated heterocycles. The average molecular weight is 258 g/mol. The van der Waals surface area contributed by atoms with Gasteiger partial charge >= 0.3 is 0 Å². The maximum Gasteiger partial charge on any atom is 0.108 e. The van der Waals surface area contributed by atoms with Gasteiger partial charge < -0.3 is 4.42 Å². The van der Waals surface area contributed by atoms with Gasteiger partial charge in [0.25, 0.3) is 0 Å². The zero-order valence-electron chi connectivity index (χ0n) is 11.9. The minimum absolute atomic E-state index is 0.0933. The molecule has 2 aromatic rings. The quantitative estimate of drug-likeness (QED) is 0.639. The van der Waals surface area contributed by atoms with Crippen molar-refractivity contribution in [2.24, 2.45) is 5.84 Å². The molecule has 0 aliphatic carbocycles. The lowest BCUT2D eigenvalue weighted by Crippen LogP contribution is -2.30. The summed E-state index contributed by atoms with van der Waals surface area (Å²) >= 11 is 0. The van der Waals surface area contributed by atoms with E-state index in [1.54, 1.807) is 6.26 Å². The number of hydrogen-bond acceptors (Lipinski definition) is 3. The van der Waals surface area contributed by atoms with Crippen LogP contribution in [0.5, 0.6) is 0 Å². The Morgan fingerprint density at radius 1 is 1.21 bits per heavy atom. The monoisotopic (exact) mass is 258 g/mol. The lowest BCUT2D eigenvalue weighted by atomic mass is 9.96. The van der Waals surface area contributed by atoms with Crippen LogP contribution in [0.25, 0.3) is 0 Å². The number of hydrazine groups is 1. The molecule has 0 fully saturated rings. The minimum Gasteiger partial charge on any atom is -0.469 e. The van der Waals surface area contributed by atoms with E-state index in [1.807, 2.05) is 6.07 Å². The maximum atomic E-state index is 5.71. The molecule has 1 atom stereocenters. The topological polar surface area (TPSA) is 51.2 Å². The van der Waals surface area contributed by atoms with Crippen LogP contribution >= 0.6 is 0 Å². The van der Waals surface area contributed by atoms with Gasteiger partial charge in [0.1, 0.15) is 5.76 Å². The predicted molar refractivity (Wildman–Crippen MR) is 77.8 cm³/mol. The van der Waals surface area contributed by atoms with Gasteiger partial charge in [-0.1, -0.05) is 25.1 Å². The van der Waals surface area contributed by atoms with Crippen molar-refractivity contribution in [3.8, 4) is 0 Å². The molecule has 3 heteroatoms. The van der Waals surface area contributed by atoms with Crippen molar-refractivity contribution in [3.05, 3.63) is 58.5 Å². The lowest BCUT2D eigenvalue weighted by Gasteiger charge is -2.16. The average Bonchev–Trinajstić information content (AvgIpc) is 2.88. The molecule has 1 heterocycles. The van der Waals surface area contributed by atoms with Gasteiger partial charge in [-0.25, -0.2) is 0 Å². The Bertz CT molecular complexity index is 545. The maximum absolute atomic E-state index is 5.71. The number of hydrogen-bond donors (Lipinski definition) is 2. The third-order valence-corrected chi connectivity index (χ3v) is 3.69. The van der Waals surface area contributed by atoms with Crippen LogP contribution in [-0.2, 0) is 12.8 Å². The summed E-state index contributed by atoms with van der Waals surface area (Å²) in [5.74, 6) is 6.72. The highest BCUT2D eigenvalue weighted by Crippen LogP contribution is 2.24. The van der Waals surface area contributed by atoms with Crippen molar-refractivity contribution in [3.63, 3.8) is 0 Å². The molecule has 102 valence electrons. The summed E-state index contributed by atoms with van der Waals surface area (Å²) in [4.78, 5) is 0. The molecule has 1 unspecified atom stereocenters. The molecule has 0 amide bonds. The summed E-state index contributed by atoms with van der Waals surface area (Å²) < 4.78 is 5.48. The van der Waals surface area contributed by atoms with Crippen molar-refractivity contribution in [1.82, 2.24) is 5.43 Å². The van der Waals surface area contributed by atoms with Crippen LogP contribution in [0.3, 0.4) is 0 Å². The van der Waals surface area contributed by atoms with E-state index in [0.717, 1.165) is 24.2 Å². The Morgan fingerprint density at radius 3 is 2.63 bits per heavy atom. The molecule has 0 saturated carbocycles. The molecule has 0 bridgehead atoms. The molecule has 0 radical (unpaired) electrons. The summed E-state index contributed by atoms with van der Waals surface area (Å²) in [7, 11) is 0. The number of aryl methyl sites for hydroxylation is 3. The van der Waals surface area contributed by atoms with E-state index < -0.39 is 0 Å². The van der Waals surface area contributed by atoms with E-state index in [2.05, 4.69) is 44.4 Å². The van der Waals surface area contributed by atoms with E-state index in [0.29, 0.717) is 0 Å². The first kappa shape index (κ1) is 13.8. The van der Waals surface area contributed by atoms with Crippen molar-refractivity contribution in [2.75, 3.05) is 0 Å². The van der Waals surface area contributed by atoms with Crippen LogP contribution in [0.4, 0.5) is 0 Å². The summed E-state index contributed by atoms with van der Waals surface area (Å²) in [6, 6.07) is 8.65. The molecule has 1 aromatic heterocycles. The lowest BCUT2D eigenvalue weighted by molar-refractivity contribution is 0.487. The Hall–Kier alpha value is -1.58.